The Kier molecular flexibility index (Phi) is 4.80. The number of rotatable bonds is 4. The maximum absolute atomic E-state index is 12.9. The number of benzene rings is 1. The maximum Gasteiger partial charge on any atom is 0.262 e. The molecule has 0 unspecified atom stereocenters. The minimum Gasteiger partial charge on any atom is -0.289 e. The molecular weight excluding hydrogens is 400 g/mol. The number of carbonyl (C=O) groups excluding carboxylic acids is 1. The van der Waals surface area contributed by atoms with Gasteiger partial charge in [-0.25, -0.2) is 15.4 Å². The molecule has 0 radical (unpaired) electrons. The van der Waals surface area contributed by atoms with Crippen LogP contribution in [0, 0.1) is 0 Å². The SMILES string of the molecule is O=C(Cn1cnc2sc3c(c2c1=O)CCCC3)N/N=C/c1cnc2ccccc2n1. The number of aromatic nitrogens is 4. The minimum atomic E-state index is -0.410. The molecule has 1 N–H and O–H groups in total. The zero-order chi connectivity index (χ0) is 20.5. The fourth-order valence-electron chi connectivity index (χ4n) is 3.69. The van der Waals surface area contributed by atoms with Crippen LogP contribution in [0.1, 0.15) is 29.0 Å². The number of para-hydroxylation sites is 2. The predicted octanol–water partition coefficient (Wildman–Crippen LogP) is 2.43. The fourth-order valence-corrected chi connectivity index (χ4v) is 4.91. The molecule has 4 aromatic rings. The number of aryl methyl sites for hydroxylation is 2. The lowest BCUT2D eigenvalue weighted by Gasteiger charge is -2.10. The molecule has 0 spiro atoms. The molecule has 30 heavy (non-hydrogen) atoms. The molecule has 5 rings (SSSR count). The van der Waals surface area contributed by atoms with E-state index in [0.29, 0.717) is 11.1 Å². The van der Waals surface area contributed by atoms with Crippen LogP contribution in [0.2, 0.25) is 0 Å². The molecule has 150 valence electrons. The molecule has 0 atom stereocenters. The summed E-state index contributed by atoms with van der Waals surface area (Å²) in [7, 11) is 0. The smallest absolute Gasteiger partial charge is 0.262 e. The van der Waals surface area contributed by atoms with Crippen LogP contribution in [-0.4, -0.2) is 31.6 Å². The molecule has 9 heteroatoms. The van der Waals surface area contributed by atoms with Crippen LogP contribution in [0.5, 0.6) is 0 Å². The molecule has 3 aromatic heterocycles. The van der Waals surface area contributed by atoms with Crippen molar-refractivity contribution >= 4 is 44.7 Å². The van der Waals surface area contributed by atoms with Gasteiger partial charge >= 0.3 is 0 Å². The van der Waals surface area contributed by atoms with E-state index in [4.69, 9.17) is 0 Å². The number of thiophene rings is 1. The summed E-state index contributed by atoms with van der Waals surface area (Å²) in [6.07, 6.45) is 8.58. The fraction of sp³-hybridized carbons (Fsp3) is 0.238. The summed E-state index contributed by atoms with van der Waals surface area (Å²) in [5.74, 6) is -0.410. The van der Waals surface area contributed by atoms with Crippen molar-refractivity contribution in [1.82, 2.24) is 24.9 Å². The van der Waals surface area contributed by atoms with Gasteiger partial charge in [0.2, 0.25) is 0 Å². The van der Waals surface area contributed by atoms with Crippen LogP contribution in [0.25, 0.3) is 21.3 Å². The monoisotopic (exact) mass is 418 g/mol. The van der Waals surface area contributed by atoms with E-state index in [0.717, 1.165) is 47.1 Å². The molecule has 0 saturated heterocycles. The molecule has 0 bridgehead atoms. The summed E-state index contributed by atoms with van der Waals surface area (Å²) in [4.78, 5) is 40.3. The second kappa shape index (κ2) is 7.75. The maximum atomic E-state index is 12.9. The van der Waals surface area contributed by atoms with Crippen molar-refractivity contribution < 1.29 is 4.79 Å². The van der Waals surface area contributed by atoms with Gasteiger partial charge in [0.25, 0.3) is 11.5 Å². The zero-order valence-electron chi connectivity index (χ0n) is 16.0. The summed E-state index contributed by atoms with van der Waals surface area (Å²) in [6, 6.07) is 7.51. The molecule has 0 saturated carbocycles. The van der Waals surface area contributed by atoms with Crippen molar-refractivity contribution in [2.75, 3.05) is 0 Å². The highest BCUT2D eigenvalue weighted by molar-refractivity contribution is 7.18. The average Bonchev–Trinajstić information content (AvgIpc) is 3.15. The van der Waals surface area contributed by atoms with Crippen LogP contribution in [0.15, 0.2) is 46.7 Å². The van der Waals surface area contributed by atoms with E-state index in [-0.39, 0.29) is 12.1 Å². The van der Waals surface area contributed by atoms with Crippen LogP contribution in [0.3, 0.4) is 0 Å². The summed E-state index contributed by atoms with van der Waals surface area (Å²) < 4.78 is 1.34. The quantitative estimate of drug-likeness (QED) is 0.405. The number of nitrogens with one attached hydrogen (secondary N) is 1. The molecule has 3 heterocycles. The zero-order valence-corrected chi connectivity index (χ0v) is 16.9. The summed E-state index contributed by atoms with van der Waals surface area (Å²) in [5.41, 5.74) is 5.45. The molecule has 1 amide bonds. The van der Waals surface area contributed by atoms with Gasteiger partial charge in [-0.2, -0.15) is 5.10 Å². The largest absolute Gasteiger partial charge is 0.289 e. The Morgan fingerprint density at radius 1 is 1.20 bits per heavy atom. The van der Waals surface area contributed by atoms with Crippen molar-refractivity contribution in [3.05, 3.63) is 63.3 Å². The summed E-state index contributed by atoms with van der Waals surface area (Å²) in [5, 5.41) is 4.60. The van der Waals surface area contributed by atoms with Gasteiger partial charge in [0.05, 0.1) is 35.2 Å². The Labute approximate surface area is 175 Å². The molecule has 1 aromatic carbocycles. The average molecular weight is 418 g/mol. The van der Waals surface area contributed by atoms with Gasteiger partial charge in [-0.15, -0.1) is 11.3 Å². The predicted molar refractivity (Wildman–Crippen MR) is 116 cm³/mol. The topological polar surface area (TPSA) is 102 Å². The third kappa shape index (κ3) is 3.48. The lowest BCUT2D eigenvalue weighted by molar-refractivity contribution is -0.121. The first-order valence-electron chi connectivity index (χ1n) is 9.72. The van der Waals surface area contributed by atoms with E-state index in [1.165, 1.54) is 22.0 Å². The van der Waals surface area contributed by atoms with E-state index in [1.807, 2.05) is 24.3 Å². The van der Waals surface area contributed by atoms with Crippen molar-refractivity contribution in [3.8, 4) is 0 Å². The van der Waals surface area contributed by atoms with Crippen LogP contribution >= 0.6 is 11.3 Å². The number of hydrogen-bond acceptors (Lipinski definition) is 7. The molecule has 0 fully saturated rings. The number of hydrazone groups is 1. The van der Waals surface area contributed by atoms with Gasteiger partial charge in [0.1, 0.15) is 17.1 Å². The molecule has 1 aliphatic rings. The number of amides is 1. The molecule has 0 aliphatic heterocycles. The Morgan fingerprint density at radius 2 is 2.03 bits per heavy atom. The Balaban J connectivity index is 1.31. The lowest BCUT2D eigenvalue weighted by Crippen LogP contribution is -2.30. The summed E-state index contributed by atoms with van der Waals surface area (Å²) >= 11 is 1.59. The van der Waals surface area contributed by atoms with Crippen LogP contribution < -0.4 is 11.0 Å². The Morgan fingerprint density at radius 3 is 2.93 bits per heavy atom. The first-order valence-corrected chi connectivity index (χ1v) is 10.5. The third-order valence-corrected chi connectivity index (χ3v) is 6.31. The number of hydrogen-bond donors (Lipinski definition) is 1. The van der Waals surface area contributed by atoms with Gasteiger partial charge < -0.3 is 0 Å². The lowest BCUT2D eigenvalue weighted by atomic mass is 9.97. The first-order chi connectivity index (χ1) is 14.7. The number of carbonyl (C=O) groups is 1. The van der Waals surface area contributed by atoms with Crippen LogP contribution in [0.4, 0.5) is 0 Å². The second-order valence-corrected chi connectivity index (χ2v) is 8.23. The standard InChI is InChI=1S/C21H18N6O2S/c28-18(26-24-10-13-9-22-15-6-2-3-7-16(15)25-13)11-27-12-23-20-19(21(27)29)14-5-1-4-8-17(14)30-20/h2-3,6-7,9-10,12H,1,4-5,8,11H2,(H,26,28)/b24-10+. The highest BCUT2D eigenvalue weighted by Gasteiger charge is 2.20. The van der Waals surface area contributed by atoms with E-state index in [2.05, 4.69) is 25.5 Å². The number of nitrogens with zero attached hydrogens (tertiary/aromatic N) is 5. The van der Waals surface area contributed by atoms with E-state index >= 15 is 0 Å². The minimum absolute atomic E-state index is 0.146. The third-order valence-electron chi connectivity index (χ3n) is 5.11. The van der Waals surface area contributed by atoms with Crippen molar-refractivity contribution in [2.24, 2.45) is 5.10 Å². The Hall–Kier alpha value is -3.46. The van der Waals surface area contributed by atoms with Gasteiger partial charge in [0.15, 0.2) is 0 Å². The Bertz CT molecular complexity index is 1360. The highest BCUT2D eigenvalue weighted by atomic mass is 32.1. The van der Waals surface area contributed by atoms with Crippen molar-refractivity contribution in [2.45, 2.75) is 32.2 Å². The van der Waals surface area contributed by atoms with Gasteiger partial charge in [-0.1, -0.05) is 12.1 Å². The molecular formula is C21H18N6O2S. The second-order valence-electron chi connectivity index (χ2n) is 7.15. The highest BCUT2D eigenvalue weighted by Crippen LogP contribution is 2.33. The normalized spacial score (nSPS) is 13.7. The van der Waals surface area contributed by atoms with E-state index < -0.39 is 5.91 Å². The van der Waals surface area contributed by atoms with Gasteiger partial charge in [-0.05, 0) is 43.4 Å². The van der Waals surface area contributed by atoms with Gasteiger partial charge in [-0.3, -0.25) is 19.1 Å². The summed E-state index contributed by atoms with van der Waals surface area (Å²) in [6.45, 7) is -0.146. The van der Waals surface area contributed by atoms with Crippen molar-refractivity contribution in [1.29, 1.82) is 0 Å². The van der Waals surface area contributed by atoms with Crippen LogP contribution in [-0.2, 0) is 24.2 Å². The number of fused-ring (bicyclic) bond motifs is 4. The van der Waals surface area contributed by atoms with Crippen molar-refractivity contribution in [3.63, 3.8) is 0 Å². The van der Waals surface area contributed by atoms with E-state index in [1.54, 1.807) is 17.5 Å². The first kappa shape index (κ1) is 18.6. The van der Waals surface area contributed by atoms with Gasteiger partial charge in [0, 0.05) is 4.88 Å². The van der Waals surface area contributed by atoms with E-state index in [9.17, 15) is 9.59 Å². The molecule has 1 aliphatic carbocycles. The molecule has 8 nitrogen and oxygen atoms in total.